The quantitative estimate of drug-likeness (QED) is 0.682. The fraction of sp³-hybridized carbons (Fsp3) is 0.462. The van der Waals surface area contributed by atoms with Gasteiger partial charge in [0, 0.05) is 18.8 Å². The predicted octanol–water partition coefficient (Wildman–Crippen LogP) is 2.17. The Labute approximate surface area is 114 Å². The Morgan fingerprint density at radius 3 is 2.60 bits per heavy atom. The predicted molar refractivity (Wildman–Crippen MR) is 68.9 cm³/mol. The van der Waals surface area contributed by atoms with Gasteiger partial charge >= 0.3 is 6.18 Å². The zero-order valence-corrected chi connectivity index (χ0v) is 10.7. The highest BCUT2D eigenvalue weighted by Gasteiger charge is 2.28. The summed E-state index contributed by atoms with van der Waals surface area (Å²) in [7, 11) is 0. The van der Waals surface area contributed by atoms with Gasteiger partial charge in [0.15, 0.2) is 0 Å². The van der Waals surface area contributed by atoms with Gasteiger partial charge in [-0.2, -0.15) is 13.2 Å². The van der Waals surface area contributed by atoms with E-state index < -0.39 is 12.8 Å². The van der Waals surface area contributed by atoms with Crippen molar-refractivity contribution in [2.24, 2.45) is 5.16 Å². The normalized spacial score (nSPS) is 19.8. The molecular weight excluding hydrogens is 273 g/mol. The molecule has 7 heteroatoms. The number of nitrogens with zero attached hydrogens (tertiary/aromatic N) is 2. The Kier molecular flexibility index (Phi) is 4.49. The van der Waals surface area contributed by atoms with Crippen molar-refractivity contribution in [1.29, 1.82) is 0 Å². The van der Waals surface area contributed by atoms with Crippen LogP contribution >= 0.6 is 0 Å². The van der Waals surface area contributed by atoms with Crippen LogP contribution in [-0.4, -0.2) is 43.3 Å². The van der Waals surface area contributed by atoms with Gasteiger partial charge in [0.1, 0.15) is 0 Å². The van der Waals surface area contributed by atoms with E-state index in [0.717, 1.165) is 18.7 Å². The Hall–Kier alpha value is -1.76. The maximum atomic E-state index is 11.8. The van der Waals surface area contributed by atoms with Gasteiger partial charge < -0.3 is 14.8 Å². The van der Waals surface area contributed by atoms with E-state index in [-0.39, 0.29) is 6.10 Å². The smallest absolute Gasteiger partial charge is 0.391 e. The van der Waals surface area contributed by atoms with Crippen LogP contribution < -0.4 is 4.90 Å². The summed E-state index contributed by atoms with van der Waals surface area (Å²) in [5.74, 6) is 0. The van der Waals surface area contributed by atoms with Crippen LogP contribution in [0.3, 0.4) is 0 Å². The number of β-amino-alcohol motifs (C(OH)–C–C–N with tert-alkyl or cyclic N) is 1. The molecule has 1 saturated heterocycles. The molecule has 1 aromatic rings. The van der Waals surface area contributed by atoms with E-state index in [0.29, 0.717) is 12.1 Å². The molecule has 0 amide bonds. The topological polar surface area (TPSA) is 45.1 Å². The lowest BCUT2D eigenvalue weighted by Crippen LogP contribution is -2.20. The Morgan fingerprint density at radius 1 is 1.35 bits per heavy atom. The van der Waals surface area contributed by atoms with E-state index in [1.807, 2.05) is 17.0 Å². The minimum Gasteiger partial charge on any atom is -0.391 e. The fourth-order valence-electron chi connectivity index (χ4n) is 1.96. The molecule has 0 radical (unpaired) electrons. The highest BCUT2D eigenvalue weighted by molar-refractivity contribution is 5.79. The van der Waals surface area contributed by atoms with E-state index in [1.165, 1.54) is 6.21 Å². The van der Waals surface area contributed by atoms with Gasteiger partial charge in [-0.1, -0.05) is 17.3 Å². The molecule has 1 unspecified atom stereocenters. The Balaban J connectivity index is 1.87. The van der Waals surface area contributed by atoms with Crippen molar-refractivity contribution < 1.29 is 23.1 Å². The van der Waals surface area contributed by atoms with Crippen LogP contribution in [0.5, 0.6) is 0 Å². The number of alkyl halides is 3. The van der Waals surface area contributed by atoms with E-state index >= 15 is 0 Å². The molecule has 4 nitrogen and oxygen atoms in total. The van der Waals surface area contributed by atoms with Gasteiger partial charge in [0.25, 0.3) is 0 Å². The molecule has 1 aliphatic rings. The Morgan fingerprint density at radius 2 is 2.05 bits per heavy atom. The van der Waals surface area contributed by atoms with Crippen LogP contribution in [0, 0.1) is 0 Å². The first-order chi connectivity index (χ1) is 9.44. The van der Waals surface area contributed by atoms with Crippen LogP contribution in [0.4, 0.5) is 18.9 Å². The molecule has 1 atom stereocenters. The van der Waals surface area contributed by atoms with E-state index in [4.69, 9.17) is 0 Å². The molecule has 110 valence electrons. The van der Waals surface area contributed by atoms with Gasteiger partial charge in [-0.3, -0.25) is 0 Å². The molecule has 0 saturated carbocycles. The van der Waals surface area contributed by atoms with Gasteiger partial charge in [-0.15, -0.1) is 0 Å². The number of benzene rings is 1. The van der Waals surface area contributed by atoms with Crippen molar-refractivity contribution in [3.05, 3.63) is 29.8 Å². The van der Waals surface area contributed by atoms with Crippen molar-refractivity contribution in [2.45, 2.75) is 18.7 Å². The SMILES string of the molecule is OC1CCN(c2ccc(/C=N/OCC(F)(F)F)cc2)C1. The molecule has 0 bridgehead atoms. The summed E-state index contributed by atoms with van der Waals surface area (Å²) in [6, 6.07) is 7.15. The van der Waals surface area contributed by atoms with Crippen LogP contribution in [0.2, 0.25) is 0 Å². The summed E-state index contributed by atoms with van der Waals surface area (Å²) in [5.41, 5.74) is 1.62. The lowest BCUT2D eigenvalue weighted by atomic mass is 10.2. The second-order valence-corrected chi connectivity index (χ2v) is 4.60. The third-order valence-corrected chi connectivity index (χ3v) is 2.93. The molecule has 0 aromatic heterocycles. The van der Waals surface area contributed by atoms with Gasteiger partial charge in [0.05, 0.1) is 12.3 Å². The average Bonchev–Trinajstić information content (AvgIpc) is 2.81. The van der Waals surface area contributed by atoms with E-state index in [1.54, 1.807) is 12.1 Å². The van der Waals surface area contributed by atoms with Crippen LogP contribution in [0.15, 0.2) is 29.4 Å². The third kappa shape index (κ3) is 4.41. The number of hydrogen-bond acceptors (Lipinski definition) is 4. The molecular formula is C13H15F3N2O2. The number of aliphatic hydroxyl groups is 1. The number of halogens is 3. The first-order valence-corrected chi connectivity index (χ1v) is 6.19. The number of oxime groups is 1. The first kappa shape index (κ1) is 14.6. The van der Waals surface area contributed by atoms with Crippen molar-refractivity contribution >= 4 is 11.9 Å². The summed E-state index contributed by atoms with van der Waals surface area (Å²) in [6.45, 7) is -0.00131. The average molecular weight is 288 g/mol. The number of rotatable bonds is 4. The van der Waals surface area contributed by atoms with Crippen LogP contribution in [0.25, 0.3) is 0 Å². The first-order valence-electron chi connectivity index (χ1n) is 6.19. The monoisotopic (exact) mass is 288 g/mol. The lowest BCUT2D eigenvalue weighted by Gasteiger charge is -2.17. The molecule has 1 aromatic carbocycles. The van der Waals surface area contributed by atoms with Crippen LogP contribution in [-0.2, 0) is 4.84 Å². The molecule has 1 aliphatic heterocycles. The van der Waals surface area contributed by atoms with Crippen molar-refractivity contribution in [2.75, 3.05) is 24.6 Å². The molecule has 1 heterocycles. The zero-order chi connectivity index (χ0) is 14.6. The summed E-state index contributed by atoms with van der Waals surface area (Å²) >= 11 is 0. The maximum absolute atomic E-state index is 11.8. The number of hydrogen-bond donors (Lipinski definition) is 1. The third-order valence-electron chi connectivity index (χ3n) is 2.93. The summed E-state index contributed by atoms with van der Waals surface area (Å²) in [4.78, 5) is 6.19. The minimum absolute atomic E-state index is 0.299. The fourth-order valence-corrected chi connectivity index (χ4v) is 1.96. The number of aliphatic hydroxyl groups excluding tert-OH is 1. The summed E-state index contributed by atoms with van der Waals surface area (Å²) in [5, 5.41) is 12.7. The highest BCUT2D eigenvalue weighted by atomic mass is 19.4. The maximum Gasteiger partial charge on any atom is 0.425 e. The van der Waals surface area contributed by atoms with Gasteiger partial charge in [0.2, 0.25) is 6.61 Å². The standard InChI is InChI=1S/C13H15F3N2O2/c14-13(15,16)9-20-17-7-10-1-3-11(4-2-10)18-6-5-12(19)8-18/h1-4,7,12,19H,5-6,8-9H2/b17-7+. The largest absolute Gasteiger partial charge is 0.425 e. The zero-order valence-electron chi connectivity index (χ0n) is 10.7. The molecule has 0 aliphatic carbocycles. The highest BCUT2D eigenvalue weighted by Crippen LogP contribution is 2.20. The second-order valence-electron chi connectivity index (χ2n) is 4.60. The van der Waals surface area contributed by atoms with Gasteiger partial charge in [-0.05, 0) is 24.1 Å². The molecule has 2 rings (SSSR count). The van der Waals surface area contributed by atoms with E-state index in [9.17, 15) is 18.3 Å². The number of anilines is 1. The molecule has 20 heavy (non-hydrogen) atoms. The van der Waals surface area contributed by atoms with Crippen molar-refractivity contribution in [3.63, 3.8) is 0 Å². The van der Waals surface area contributed by atoms with Crippen molar-refractivity contribution in [3.8, 4) is 0 Å². The lowest BCUT2D eigenvalue weighted by molar-refractivity contribution is -0.173. The summed E-state index contributed by atoms with van der Waals surface area (Å²) in [6.07, 6.45) is -2.70. The molecule has 1 fully saturated rings. The van der Waals surface area contributed by atoms with E-state index in [2.05, 4.69) is 9.99 Å². The summed E-state index contributed by atoms with van der Waals surface area (Å²) < 4.78 is 35.4. The second kappa shape index (κ2) is 6.13. The van der Waals surface area contributed by atoms with Crippen LogP contribution in [0.1, 0.15) is 12.0 Å². The minimum atomic E-state index is -4.38. The Bertz CT molecular complexity index is 460. The van der Waals surface area contributed by atoms with Crippen molar-refractivity contribution in [1.82, 2.24) is 0 Å². The molecule has 0 spiro atoms. The molecule has 1 N–H and O–H groups in total. The van der Waals surface area contributed by atoms with Gasteiger partial charge in [-0.25, -0.2) is 0 Å².